The summed E-state index contributed by atoms with van der Waals surface area (Å²) in [4.78, 5) is 21.6. The molecule has 3 heterocycles. The molecule has 28 heavy (non-hydrogen) atoms. The first-order valence-corrected chi connectivity index (χ1v) is 9.92. The molecule has 0 spiro atoms. The Morgan fingerprint density at radius 3 is 2.82 bits per heavy atom. The zero-order valence-electron chi connectivity index (χ0n) is 15.7. The number of carbonyl (C=O) groups excluding carboxylic acids is 1. The molecular weight excluding hydrogens is 373 g/mol. The van der Waals surface area contributed by atoms with Crippen LogP contribution in [0, 0.1) is 19.7 Å². The molecule has 4 aromatic rings. The highest BCUT2D eigenvalue weighted by molar-refractivity contribution is 7.17. The van der Waals surface area contributed by atoms with Crippen LogP contribution in [0.1, 0.15) is 26.5 Å². The Labute approximate surface area is 166 Å². The van der Waals surface area contributed by atoms with Crippen LogP contribution in [0.25, 0.3) is 21.5 Å². The molecule has 0 saturated heterocycles. The second kappa shape index (κ2) is 7.56. The van der Waals surface area contributed by atoms with Crippen molar-refractivity contribution in [2.45, 2.75) is 20.3 Å². The first-order chi connectivity index (χ1) is 13.5. The smallest absolute Gasteiger partial charge is 0.261 e. The third-order valence-electron chi connectivity index (χ3n) is 4.84. The average Bonchev–Trinajstić information content (AvgIpc) is 3.32. The summed E-state index contributed by atoms with van der Waals surface area (Å²) in [5.74, 6) is -0.354. The van der Waals surface area contributed by atoms with Crippen molar-refractivity contribution in [2.75, 3.05) is 6.54 Å². The number of hydrogen-bond acceptors (Lipinski definition) is 3. The van der Waals surface area contributed by atoms with Crippen LogP contribution in [0.2, 0.25) is 0 Å². The predicted molar refractivity (Wildman–Crippen MR) is 111 cm³/mol. The van der Waals surface area contributed by atoms with Crippen molar-refractivity contribution < 1.29 is 9.18 Å². The molecule has 4 nitrogen and oxygen atoms in total. The molecule has 142 valence electrons. The van der Waals surface area contributed by atoms with E-state index in [1.54, 1.807) is 12.3 Å². The maximum Gasteiger partial charge on any atom is 0.261 e. The van der Waals surface area contributed by atoms with E-state index in [0.717, 1.165) is 32.8 Å². The summed E-state index contributed by atoms with van der Waals surface area (Å²) in [7, 11) is 0. The van der Waals surface area contributed by atoms with Crippen LogP contribution in [0.4, 0.5) is 4.39 Å². The van der Waals surface area contributed by atoms with Crippen LogP contribution in [0.5, 0.6) is 0 Å². The van der Waals surface area contributed by atoms with Gasteiger partial charge >= 0.3 is 0 Å². The summed E-state index contributed by atoms with van der Waals surface area (Å²) in [5, 5.41) is 3.89. The third-order valence-corrected chi connectivity index (χ3v) is 5.94. The van der Waals surface area contributed by atoms with Crippen LogP contribution >= 0.6 is 11.3 Å². The highest BCUT2D eigenvalue weighted by atomic mass is 32.1. The number of pyridine rings is 1. The molecule has 0 atom stereocenters. The molecule has 3 aromatic heterocycles. The van der Waals surface area contributed by atoms with Gasteiger partial charge < -0.3 is 10.3 Å². The molecule has 6 heteroatoms. The van der Waals surface area contributed by atoms with E-state index >= 15 is 0 Å². The minimum Gasteiger partial charge on any atom is -0.356 e. The van der Waals surface area contributed by atoms with Crippen LogP contribution < -0.4 is 5.32 Å². The SMILES string of the molecule is Cc1[nH]c2c(F)ccc(C)c2c1CCNC(=O)c1ccc(-c2ccccn2)s1. The number of amides is 1. The summed E-state index contributed by atoms with van der Waals surface area (Å²) in [6, 6.07) is 12.7. The summed E-state index contributed by atoms with van der Waals surface area (Å²) in [5.41, 5.74) is 4.41. The molecule has 0 saturated carbocycles. The Hall–Kier alpha value is -2.99. The summed E-state index contributed by atoms with van der Waals surface area (Å²) < 4.78 is 14.1. The molecule has 0 fully saturated rings. The van der Waals surface area contributed by atoms with Crippen LogP contribution in [-0.2, 0) is 6.42 Å². The van der Waals surface area contributed by atoms with Crippen molar-refractivity contribution in [1.29, 1.82) is 0 Å². The van der Waals surface area contributed by atoms with Crippen molar-refractivity contribution in [3.8, 4) is 10.6 Å². The van der Waals surface area contributed by atoms with Gasteiger partial charge in [-0.1, -0.05) is 12.1 Å². The molecule has 1 aromatic carbocycles. The number of rotatable bonds is 5. The van der Waals surface area contributed by atoms with E-state index in [-0.39, 0.29) is 11.7 Å². The second-order valence-electron chi connectivity index (χ2n) is 6.73. The molecule has 4 rings (SSSR count). The number of carbonyl (C=O) groups is 1. The molecule has 0 radical (unpaired) electrons. The van der Waals surface area contributed by atoms with Gasteiger partial charge in [0.2, 0.25) is 0 Å². The highest BCUT2D eigenvalue weighted by Gasteiger charge is 2.15. The number of fused-ring (bicyclic) bond motifs is 1. The number of hydrogen-bond donors (Lipinski definition) is 2. The van der Waals surface area contributed by atoms with E-state index in [0.29, 0.717) is 23.4 Å². The quantitative estimate of drug-likeness (QED) is 0.500. The molecule has 0 aliphatic carbocycles. The van der Waals surface area contributed by atoms with Crippen LogP contribution in [0.3, 0.4) is 0 Å². The van der Waals surface area contributed by atoms with Crippen LogP contribution in [0.15, 0.2) is 48.7 Å². The molecule has 2 N–H and O–H groups in total. The lowest BCUT2D eigenvalue weighted by Gasteiger charge is -2.06. The number of H-pyrrole nitrogens is 1. The number of nitrogens with zero attached hydrogens (tertiary/aromatic N) is 1. The zero-order chi connectivity index (χ0) is 19.7. The topological polar surface area (TPSA) is 57.8 Å². The van der Waals surface area contributed by atoms with E-state index in [2.05, 4.69) is 15.3 Å². The van der Waals surface area contributed by atoms with E-state index < -0.39 is 0 Å². The van der Waals surface area contributed by atoms with E-state index in [1.165, 1.54) is 17.4 Å². The molecule has 0 unspecified atom stereocenters. The zero-order valence-corrected chi connectivity index (χ0v) is 16.5. The minimum atomic E-state index is -0.250. The van der Waals surface area contributed by atoms with Crippen molar-refractivity contribution in [3.05, 3.63) is 76.2 Å². The largest absolute Gasteiger partial charge is 0.356 e. The lowest BCUT2D eigenvalue weighted by molar-refractivity contribution is 0.0958. The monoisotopic (exact) mass is 393 g/mol. The van der Waals surface area contributed by atoms with Gasteiger partial charge in [-0.3, -0.25) is 9.78 Å². The number of aromatic nitrogens is 2. The molecule has 0 aliphatic rings. The van der Waals surface area contributed by atoms with Gasteiger partial charge in [0.25, 0.3) is 5.91 Å². The Morgan fingerprint density at radius 2 is 2.04 bits per heavy atom. The standard InChI is InChI=1S/C22H20FN3OS/c1-13-6-7-16(23)21-20(13)15(14(2)26-21)10-12-25-22(27)19-9-8-18(28-19)17-5-3-4-11-24-17/h3-9,11,26H,10,12H2,1-2H3,(H,25,27). The Bertz CT molecular complexity index is 1150. The fourth-order valence-corrected chi connectivity index (χ4v) is 4.35. The highest BCUT2D eigenvalue weighted by Crippen LogP contribution is 2.28. The summed E-state index contributed by atoms with van der Waals surface area (Å²) in [6.45, 7) is 4.40. The summed E-state index contributed by atoms with van der Waals surface area (Å²) in [6.07, 6.45) is 2.38. The van der Waals surface area contributed by atoms with E-state index in [9.17, 15) is 9.18 Å². The van der Waals surface area contributed by atoms with Gasteiger partial charge in [-0.15, -0.1) is 11.3 Å². The maximum absolute atomic E-state index is 14.1. The van der Waals surface area contributed by atoms with Crippen molar-refractivity contribution in [3.63, 3.8) is 0 Å². The first kappa shape index (κ1) is 18.4. The number of aromatic amines is 1. The average molecular weight is 393 g/mol. The second-order valence-corrected chi connectivity index (χ2v) is 7.81. The summed E-state index contributed by atoms with van der Waals surface area (Å²) >= 11 is 1.42. The first-order valence-electron chi connectivity index (χ1n) is 9.10. The van der Waals surface area contributed by atoms with Crippen molar-refractivity contribution >= 4 is 28.1 Å². The van der Waals surface area contributed by atoms with Gasteiger partial charge in [-0.25, -0.2) is 4.39 Å². The van der Waals surface area contributed by atoms with E-state index in [4.69, 9.17) is 0 Å². The van der Waals surface area contributed by atoms with Crippen molar-refractivity contribution in [2.24, 2.45) is 0 Å². The number of benzene rings is 1. The molecule has 1 amide bonds. The van der Waals surface area contributed by atoms with Gasteiger partial charge in [0.1, 0.15) is 5.82 Å². The molecular formula is C22H20FN3OS. The van der Waals surface area contributed by atoms with Gasteiger partial charge in [0.15, 0.2) is 0 Å². The molecule has 0 bridgehead atoms. The minimum absolute atomic E-state index is 0.104. The predicted octanol–water partition coefficient (Wildman–Crippen LogP) is 5.02. The Balaban J connectivity index is 1.46. The lowest BCUT2D eigenvalue weighted by Crippen LogP contribution is -2.25. The third kappa shape index (κ3) is 3.43. The number of aryl methyl sites for hydroxylation is 2. The van der Waals surface area contributed by atoms with Gasteiger partial charge in [0, 0.05) is 23.8 Å². The number of halogens is 1. The number of thiophene rings is 1. The van der Waals surface area contributed by atoms with E-state index in [1.807, 2.05) is 44.2 Å². The molecule has 0 aliphatic heterocycles. The fraction of sp³-hybridized carbons (Fsp3) is 0.182. The Morgan fingerprint density at radius 1 is 1.18 bits per heavy atom. The van der Waals surface area contributed by atoms with Crippen molar-refractivity contribution in [1.82, 2.24) is 15.3 Å². The Kier molecular flexibility index (Phi) is 4.96. The lowest BCUT2D eigenvalue weighted by atomic mass is 10.0. The fourth-order valence-electron chi connectivity index (χ4n) is 3.45. The number of nitrogens with one attached hydrogen (secondary N) is 2. The van der Waals surface area contributed by atoms with Crippen LogP contribution in [-0.4, -0.2) is 22.4 Å². The van der Waals surface area contributed by atoms with Gasteiger partial charge in [0.05, 0.1) is 21.0 Å². The normalized spacial score (nSPS) is 11.1. The van der Waals surface area contributed by atoms with Gasteiger partial charge in [-0.2, -0.15) is 0 Å². The van der Waals surface area contributed by atoms with Gasteiger partial charge in [-0.05, 0) is 61.7 Å². The maximum atomic E-state index is 14.1.